The average Bonchev–Trinajstić information content (AvgIpc) is 3.06. The van der Waals surface area contributed by atoms with Crippen LogP contribution in [-0.4, -0.2) is 36.6 Å². The first-order chi connectivity index (χ1) is 12.3. The highest BCUT2D eigenvalue weighted by Gasteiger charge is 2.33. The van der Waals surface area contributed by atoms with E-state index in [1.54, 1.807) is 24.3 Å². The molecule has 0 aliphatic carbocycles. The van der Waals surface area contributed by atoms with Crippen LogP contribution in [0, 0.1) is 0 Å². The van der Waals surface area contributed by atoms with E-state index in [9.17, 15) is 18.0 Å². The van der Waals surface area contributed by atoms with Crippen molar-refractivity contribution in [3.05, 3.63) is 40.5 Å². The van der Waals surface area contributed by atoms with Gasteiger partial charge in [-0.15, -0.1) is 0 Å². The summed E-state index contributed by atoms with van der Waals surface area (Å²) in [7, 11) is -3.31. The number of amides is 2. The summed E-state index contributed by atoms with van der Waals surface area (Å²) >= 11 is 5.89. The summed E-state index contributed by atoms with van der Waals surface area (Å²) < 4.78 is 25.2. The maximum Gasteiger partial charge on any atom is 0.314 e. The Hall–Kier alpha value is -2.39. The van der Waals surface area contributed by atoms with Gasteiger partial charge in [0, 0.05) is 17.1 Å². The number of benzene rings is 1. The zero-order valence-corrected chi connectivity index (χ0v) is 15.5. The molecule has 0 unspecified atom stereocenters. The zero-order valence-electron chi connectivity index (χ0n) is 14.0. The third-order valence-corrected chi connectivity index (χ3v) is 5.53. The Morgan fingerprint density at radius 1 is 1.19 bits per heavy atom. The van der Waals surface area contributed by atoms with Gasteiger partial charge in [-0.1, -0.05) is 18.5 Å². The van der Waals surface area contributed by atoms with Crippen LogP contribution in [0.4, 0.5) is 5.82 Å². The molecule has 1 aliphatic heterocycles. The van der Waals surface area contributed by atoms with Crippen molar-refractivity contribution in [3.63, 3.8) is 0 Å². The van der Waals surface area contributed by atoms with Gasteiger partial charge in [0.25, 0.3) is 0 Å². The molecule has 0 fully saturated rings. The lowest BCUT2D eigenvalue weighted by atomic mass is 10.2. The number of aromatic nitrogens is 2. The van der Waals surface area contributed by atoms with Crippen LogP contribution in [0.3, 0.4) is 0 Å². The molecule has 0 atom stereocenters. The Labute approximate surface area is 155 Å². The van der Waals surface area contributed by atoms with Crippen LogP contribution in [0.25, 0.3) is 5.69 Å². The molecule has 138 valence electrons. The number of halogens is 1. The number of fused-ring (bicyclic) bond motifs is 1. The minimum Gasteiger partial charge on any atom is -0.348 e. The summed E-state index contributed by atoms with van der Waals surface area (Å²) in [4.78, 5) is 24.0. The second-order valence-corrected chi connectivity index (χ2v) is 8.41. The third kappa shape index (κ3) is 3.73. The quantitative estimate of drug-likeness (QED) is 0.759. The number of carbonyl (C=O) groups excluding carboxylic acids is 2. The van der Waals surface area contributed by atoms with Crippen molar-refractivity contribution in [1.82, 2.24) is 15.1 Å². The number of hydrogen-bond donors (Lipinski definition) is 2. The Morgan fingerprint density at radius 2 is 1.88 bits per heavy atom. The summed E-state index contributed by atoms with van der Waals surface area (Å²) in [6.45, 7) is 2.24. The highest BCUT2D eigenvalue weighted by Crippen LogP contribution is 2.33. The van der Waals surface area contributed by atoms with Gasteiger partial charge < -0.3 is 10.6 Å². The Kier molecular flexibility index (Phi) is 5.01. The third-order valence-electron chi connectivity index (χ3n) is 3.83. The predicted molar refractivity (Wildman–Crippen MR) is 96.8 cm³/mol. The molecule has 2 N–H and O–H groups in total. The molecule has 3 rings (SSSR count). The fraction of sp³-hybridized carbons (Fsp3) is 0.312. The molecule has 26 heavy (non-hydrogen) atoms. The summed E-state index contributed by atoms with van der Waals surface area (Å²) in [5.41, 5.74) is 1.35. The lowest BCUT2D eigenvalue weighted by molar-refractivity contribution is -0.136. The molecule has 0 saturated carbocycles. The molecule has 2 aromatic rings. The van der Waals surface area contributed by atoms with E-state index >= 15 is 0 Å². The summed E-state index contributed by atoms with van der Waals surface area (Å²) in [5, 5.41) is 9.82. The predicted octanol–water partition coefficient (Wildman–Crippen LogP) is 1.42. The molecular weight excluding hydrogens is 380 g/mol. The molecule has 2 amide bonds. The number of nitrogens with one attached hydrogen (secondary N) is 2. The van der Waals surface area contributed by atoms with E-state index in [0.29, 0.717) is 34.9 Å². The van der Waals surface area contributed by atoms with Gasteiger partial charge in [0.1, 0.15) is 5.82 Å². The van der Waals surface area contributed by atoms with E-state index in [1.807, 2.05) is 6.92 Å². The highest BCUT2D eigenvalue weighted by atomic mass is 35.5. The summed E-state index contributed by atoms with van der Waals surface area (Å²) in [5.74, 6) is -1.92. The van der Waals surface area contributed by atoms with Crippen LogP contribution in [0.1, 0.15) is 24.6 Å². The standard InChI is InChI=1S/C16H17ClN4O4S/c1-2-7-18-15(22)16(23)19-14-12-8-26(24,25)9-13(12)20-21(14)11-5-3-10(17)4-6-11/h3-6H,2,7-9H2,1H3,(H,18,22)(H,19,23). The van der Waals surface area contributed by atoms with E-state index < -0.39 is 21.7 Å². The van der Waals surface area contributed by atoms with Gasteiger partial charge in [0.05, 0.1) is 22.9 Å². The molecule has 0 bridgehead atoms. The van der Waals surface area contributed by atoms with E-state index in [0.717, 1.165) is 0 Å². The largest absolute Gasteiger partial charge is 0.348 e. The molecule has 0 saturated heterocycles. The Bertz CT molecular complexity index is 967. The number of nitrogens with zero attached hydrogens (tertiary/aromatic N) is 2. The number of sulfone groups is 1. The van der Waals surface area contributed by atoms with Crippen molar-refractivity contribution in [3.8, 4) is 5.69 Å². The fourth-order valence-corrected chi connectivity index (χ4v) is 4.24. The molecule has 1 aliphatic rings. The van der Waals surface area contributed by atoms with Gasteiger partial charge in [0.2, 0.25) is 0 Å². The normalized spacial score (nSPS) is 14.7. The van der Waals surface area contributed by atoms with Crippen molar-refractivity contribution in [2.75, 3.05) is 11.9 Å². The van der Waals surface area contributed by atoms with Crippen molar-refractivity contribution < 1.29 is 18.0 Å². The number of anilines is 1. The van der Waals surface area contributed by atoms with Gasteiger partial charge in [-0.25, -0.2) is 13.1 Å². The maximum atomic E-state index is 12.2. The molecule has 1 aromatic heterocycles. The minimum atomic E-state index is -3.31. The minimum absolute atomic E-state index is 0.181. The number of carbonyl (C=O) groups is 2. The lowest BCUT2D eigenvalue weighted by Gasteiger charge is -2.11. The van der Waals surface area contributed by atoms with Crippen LogP contribution in [0.2, 0.25) is 5.02 Å². The van der Waals surface area contributed by atoms with Crippen LogP contribution in [-0.2, 0) is 30.9 Å². The van der Waals surface area contributed by atoms with Gasteiger partial charge in [-0.2, -0.15) is 5.10 Å². The maximum absolute atomic E-state index is 12.2. The number of rotatable bonds is 4. The molecule has 1 aromatic carbocycles. The molecule has 8 nitrogen and oxygen atoms in total. The monoisotopic (exact) mass is 396 g/mol. The van der Waals surface area contributed by atoms with Gasteiger partial charge in [-0.3, -0.25) is 9.59 Å². The van der Waals surface area contributed by atoms with Gasteiger partial charge >= 0.3 is 11.8 Å². The topological polar surface area (TPSA) is 110 Å². The SMILES string of the molecule is CCCNC(=O)C(=O)Nc1c2c(nn1-c1ccc(Cl)cc1)CS(=O)(=O)C2. The first-order valence-electron chi connectivity index (χ1n) is 7.97. The van der Waals surface area contributed by atoms with Crippen LogP contribution in [0.5, 0.6) is 0 Å². The lowest BCUT2D eigenvalue weighted by Crippen LogP contribution is -2.36. The molecule has 0 spiro atoms. The first kappa shape index (κ1) is 18.4. The molecular formula is C16H17ClN4O4S. The Morgan fingerprint density at radius 3 is 2.54 bits per heavy atom. The summed E-state index contributed by atoms with van der Waals surface area (Å²) in [6, 6.07) is 6.68. The fourth-order valence-electron chi connectivity index (χ4n) is 2.62. The second-order valence-electron chi connectivity index (χ2n) is 5.90. The molecule has 0 radical (unpaired) electrons. The van der Waals surface area contributed by atoms with E-state index in [4.69, 9.17) is 11.6 Å². The zero-order chi connectivity index (χ0) is 18.9. The van der Waals surface area contributed by atoms with Crippen molar-refractivity contribution in [1.29, 1.82) is 0 Å². The van der Waals surface area contributed by atoms with E-state index in [1.165, 1.54) is 4.68 Å². The molecule has 2 heterocycles. The first-order valence-corrected chi connectivity index (χ1v) is 10.2. The van der Waals surface area contributed by atoms with Gasteiger partial charge in [-0.05, 0) is 30.7 Å². The summed E-state index contributed by atoms with van der Waals surface area (Å²) in [6.07, 6.45) is 0.690. The highest BCUT2D eigenvalue weighted by molar-refractivity contribution is 7.90. The number of hydrogen-bond acceptors (Lipinski definition) is 5. The smallest absolute Gasteiger partial charge is 0.314 e. The van der Waals surface area contributed by atoms with E-state index in [-0.39, 0.29) is 17.3 Å². The Balaban J connectivity index is 1.98. The second kappa shape index (κ2) is 7.08. The van der Waals surface area contributed by atoms with Gasteiger partial charge in [0.15, 0.2) is 9.84 Å². The van der Waals surface area contributed by atoms with Crippen molar-refractivity contribution >= 4 is 39.1 Å². The van der Waals surface area contributed by atoms with Crippen molar-refractivity contribution in [2.24, 2.45) is 0 Å². The molecule has 10 heteroatoms. The van der Waals surface area contributed by atoms with Crippen LogP contribution >= 0.6 is 11.6 Å². The van der Waals surface area contributed by atoms with Crippen LogP contribution in [0.15, 0.2) is 24.3 Å². The average molecular weight is 397 g/mol. The van der Waals surface area contributed by atoms with E-state index in [2.05, 4.69) is 15.7 Å². The van der Waals surface area contributed by atoms with Crippen molar-refractivity contribution in [2.45, 2.75) is 24.9 Å². The van der Waals surface area contributed by atoms with Crippen LogP contribution < -0.4 is 10.6 Å².